The number of rotatable bonds is 5. The lowest BCUT2D eigenvalue weighted by atomic mass is 9.92. The van der Waals surface area contributed by atoms with Gasteiger partial charge in [-0.25, -0.2) is 0 Å². The lowest BCUT2D eigenvalue weighted by Gasteiger charge is -2.30. The SMILES string of the molecule is CC(C)(CN)C(N)Oc1ccccc1C=O. The van der Waals surface area contributed by atoms with Crippen molar-refractivity contribution in [2.24, 2.45) is 16.9 Å². The highest BCUT2D eigenvalue weighted by Crippen LogP contribution is 2.23. The summed E-state index contributed by atoms with van der Waals surface area (Å²) in [5, 5.41) is 0. The molecule has 0 aliphatic rings. The van der Waals surface area contributed by atoms with Crippen LogP contribution in [0.15, 0.2) is 24.3 Å². The Bertz CT molecular complexity index is 364. The number of hydrogen-bond acceptors (Lipinski definition) is 4. The van der Waals surface area contributed by atoms with Crippen LogP contribution in [0.5, 0.6) is 5.75 Å². The molecule has 0 bridgehead atoms. The number of carbonyl (C=O) groups is 1. The van der Waals surface area contributed by atoms with E-state index >= 15 is 0 Å². The molecule has 0 fully saturated rings. The fraction of sp³-hybridized carbons (Fsp3) is 0.417. The molecule has 0 saturated carbocycles. The standard InChI is InChI=1S/C12H18N2O2/c1-12(2,8-13)11(14)16-10-6-4-3-5-9(10)7-15/h3-7,11H,8,13-14H2,1-2H3. The topological polar surface area (TPSA) is 78.3 Å². The predicted molar refractivity (Wildman–Crippen MR) is 63.3 cm³/mol. The molecule has 0 spiro atoms. The maximum atomic E-state index is 10.8. The third-order valence-corrected chi connectivity index (χ3v) is 2.60. The smallest absolute Gasteiger partial charge is 0.154 e. The summed E-state index contributed by atoms with van der Waals surface area (Å²) in [7, 11) is 0. The quantitative estimate of drug-likeness (QED) is 0.578. The van der Waals surface area contributed by atoms with Crippen LogP contribution in [0, 0.1) is 5.41 Å². The van der Waals surface area contributed by atoms with Gasteiger partial charge in [-0.05, 0) is 12.1 Å². The van der Waals surface area contributed by atoms with Crippen LogP contribution in [0.25, 0.3) is 0 Å². The number of benzene rings is 1. The van der Waals surface area contributed by atoms with Gasteiger partial charge in [-0.2, -0.15) is 0 Å². The number of hydrogen-bond donors (Lipinski definition) is 2. The lowest BCUT2D eigenvalue weighted by molar-refractivity contribution is 0.0832. The predicted octanol–water partition coefficient (Wildman–Crippen LogP) is 1.15. The largest absolute Gasteiger partial charge is 0.474 e. The van der Waals surface area contributed by atoms with Gasteiger partial charge in [-0.3, -0.25) is 10.5 Å². The molecule has 0 aliphatic carbocycles. The van der Waals surface area contributed by atoms with Crippen molar-refractivity contribution in [1.29, 1.82) is 0 Å². The summed E-state index contributed by atoms with van der Waals surface area (Å²) in [6, 6.07) is 6.97. The van der Waals surface area contributed by atoms with Crippen LogP contribution in [0.3, 0.4) is 0 Å². The first-order valence-electron chi connectivity index (χ1n) is 5.18. The van der Waals surface area contributed by atoms with Crippen LogP contribution < -0.4 is 16.2 Å². The molecule has 0 radical (unpaired) electrons. The Kier molecular flexibility index (Phi) is 4.04. The van der Waals surface area contributed by atoms with E-state index in [0.29, 0.717) is 17.9 Å². The minimum atomic E-state index is -0.543. The van der Waals surface area contributed by atoms with Crippen LogP contribution >= 0.6 is 0 Å². The molecule has 1 atom stereocenters. The van der Waals surface area contributed by atoms with Gasteiger partial charge in [0.25, 0.3) is 0 Å². The van der Waals surface area contributed by atoms with E-state index in [1.165, 1.54) is 0 Å². The van der Waals surface area contributed by atoms with Crippen molar-refractivity contribution < 1.29 is 9.53 Å². The molecule has 16 heavy (non-hydrogen) atoms. The van der Waals surface area contributed by atoms with E-state index in [1.54, 1.807) is 24.3 Å². The molecule has 1 aromatic rings. The van der Waals surface area contributed by atoms with Crippen molar-refractivity contribution in [1.82, 2.24) is 0 Å². The van der Waals surface area contributed by atoms with Gasteiger partial charge < -0.3 is 10.5 Å². The molecular weight excluding hydrogens is 204 g/mol. The minimum absolute atomic E-state index is 0.337. The second-order valence-corrected chi connectivity index (χ2v) is 4.39. The summed E-state index contributed by atoms with van der Waals surface area (Å²) in [5.41, 5.74) is 11.7. The molecule has 1 rings (SSSR count). The number of ether oxygens (including phenoxy) is 1. The van der Waals surface area contributed by atoms with Gasteiger partial charge in [0.1, 0.15) is 5.75 Å². The van der Waals surface area contributed by atoms with Crippen molar-refractivity contribution in [3.63, 3.8) is 0 Å². The fourth-order valence-corrected chi connectivity index (χ4v) is 1.10. The van der Waals surface area contributed by atoms with Crippen LogP contribution in [-0.2, 0) is 0 Å². The molecule has 0 aliphatic heterocycles. The van der Waals surface area contributed by atoms with Crippen molar-refractivity contribution in [2.75, 3.05) is 6.54 Å². The number of para-hydroxylation sites is 1. The van der Waals surface area contributed by atoms with E-state index in [9.17, 15) is 4.79 Å². The maximum absolute atomic E-state index is 10.8. The highest BCUT2D eigenvalue weighted by atomic mass is 16.5. The molecule has 4 N–H and O–H groups in total. The zero-order chi connectivity index (χ0) is 12.2. The molecule has 0 heterocycles. The minimum Gasteiger partial charge on any atom is -0.474 e. The number of aldehydes is 1. The van der Waals surface area contributed by atoms with Crippen LogP contribution in [0.1, 0.15) is 24.2 Å². The van der Waals surface area contributed by atoms with Crippen molar-refractivity contribution in [3.8, 4) is 5.75 Å². The van der Waals surface area contributed by atoms with Crippen molar-refractivity contribution in [3.05, 3.63) is 29.8 Å². The highest BCUT2D eigenvalue weighted by Gasteiger charge is 2.27. The Morgan fingerprint density at radius 3 is 2.62 bits per heavy atom. The third-order valence-electron chi connectivity index (χ3n) is 2.60. The number of carbonyl (C=O) groups excluding carboxylic acids is 1. The summed E-state index contributed by atoms with van der Waals surface area (Å²) in [5.74, 6) is 0.492. The first-order chi connectivity index (χ1) is 7.51. The van der Waals surface area contributed by atoms with E-state index in [2.05, 4.69) is 0 Å². The molecule has 1 aromatic carbocycles. The van der Waals surface area contributed by atoms with E-state index in [-0.39, 0.29) is 5.41 Å². The second-order valence-electron chi connectivity index (χ2n) is 4.39. The summed E-state index contributed by atoms with van der Waals surface area (Å²) < 4.78 is 5.56. The zero-order valence-electron chi connectivity index (χ0n) is 9.64. The molecule has 4 heteroatoms. The van der Waals surface area contributed by atoms with Gasteiger partial charge >= 0.3 is 0 Å². The van der Waals surface area contributed by atoms with E-state index < -0.39 is 6.23 Å². The second kappa shape index (κ2) is 5.09. The van der Waals surface area contributed by atoms with Gasteiger partial charge in [-0.15, -0.1) is 0 Å². The third kappa shape index (κ3) is 2.81. The Morgan fingerprint density at radius 2 is 2.06 bits per heavy atom. The molecule has 0 saturated heterocycles. The van der Waals surface area contributed by atoms with E-state index in [1.807, 2.05) is 13.8 Å². The van der Waals surface area contributed by atoms with Crippen LogP contribution in [0.4, 0.5) is 0 Å². The molecule has 88 valence electrons. The Labute approximate surface area is 95.6 Å². The normalized spacial score (nSPS) is 13.2. The van der Waals surface area contributed by atoms with E-state index in [4.69, 9.17) is 16.2 Å². The van der Waals surface area contributed by atoms with Gasteiger partial charge in [-0.1, -0.05) is 26.0 Å². The first kappa shape index (κ1) is 12.7. The Balaban J connectivity index is 2.84. The average Bonchev–Trinajstić information content (AvgIpc) is 2.29. The monoisotopic (exact) mass is 222 g/mol. The van der Waals surface area contributed by atoms with Gasteiger partial charge in [0.15, 0.2) is 12.5 Å². The summed E-state index contributed by atoms with van der Waals surface area (Å²) >= 11 is 0. The maximum Gasteiger partial charge on any atom is 0.154 e. The Morgan fingerprint density at radius 1 is 1.44 bits per heavy atom. The molecule has 0 aromatic heterocycles. The first-order valence-corrected chi connectivity index (χ1v) is 5.18. The van der Waals surface area contributed by atoms with Crippen LogP contribution in [-0.4, -0.2) is 19.1 Å². The molecule has 4 nitrogen and oxygen atoms in total. The van der Waals surface area contributed by atoms with Gasteiger partial charge in [0.2, 0.25) is 0 Å². The fourth-order valence-electron chi connectivity index (χ4n) is 1.10. The average molecular weight is 222 g/mol. The van der Waals surface area contributed by atoms with Crippen molar-refractivity contribution in [2.45, 2.75) is 20.1 Å². The summed E-state index contributed by atoms with van der Waals surface area (Å²) in [4.78, 5) is 10.8. The number of nitrogens with two attached hydrogens (primary N) is 2. The van der Waals surface area contributed by atoms with E-state index in [0.717, 1.165) is 6.29 Å². The molecular formula is C12H18N2O2. The highest BCUT2D eigenvalue weighted by molar-refractivity contribution is 5.79. The Hall–Kier alpha value is -1.39. The zero-order valence-corrected chi connectivity index (χ0v) is 9.64. The molecule has 1 unspecified atom stereocenters. The van der Waals surface area contributed by atoms with Gasteiger partial charge in [0, 0.05) is 12.0 Å². The summed E-state index contributed by atoms with van der Waals surface area (Å²) in [6.07, 6.45) is 0.205. The molecule has 0 amide bonds. The van der Waals surface area contributed by atoms with Crippen molar-refractivity contribution >= 4 is 6.29 Å². The lowest BCUT2D eigenvalue weighted by Crippen LogP contribution is -2.46. The summed E-state index contributed by atoms with van der Waals surface area (Å²) in [6.45, 7) is 4.25. The van der Waals surface area contributed by atoms with Crippen LogP contribution in [0.2, 0.25) is 0 Å². The van der Waals surface area contributed by atoms with Gasteiger partial charge in [0.05, 0.1) is 5.56 Å².